The van der Waals surface area contributed by atoms with Crippen LogP contribution in [0.1, 0.15) is 0 Å². The normalized spacial score (nSPS) is 21.8. The summed E-state index contributed by atoms with van der Waals surface area (Å²) in [6.07, 6.45) is 0. The minimum Gasteiger partial charge on any atom is -0.383 e. The van der Waals surface area contributed by atoms with Crippen molar-refractivity contribution in [3.8, 4) is 0 Å². The number of methoxy groups -OCH3 is 1. The predicted molar refractivity (Wildman–Crippen MR) is 53.8 cm³/mol. The molecule has 5 heteroatoms. The molecule has 1 amide bonds. The molecule has 13 heavy (non-hydrogen) atoms. The third-order valence-corrected chi connectivity index (χ3v) is 2.96. The highest BCUT2D eigenvalue weighted by atomic mass is 32.2. The lowest BCUT2D eigenvalue weighted by Gasteiger charge is -2.20. The number of thioether (sulfide) groups is 1. The quantitative estimate of drug-likeness (QED) is 0.686. The molecule has 1 fully saturated rings. The average Bonchev–Trinajstić information content (AvgIpc) is 2.65. The highest BCUT2D eigenvalue weighted by molar-refractivity contribution is 7.99. The van der Waals surface area contributed by atoms with Crippen LogP contribution >= 0.6 is 11.8 Å². The standard InChI is InChI=1S/C8H16N2O2S/c1-10(3-4-12-2)8(11)7-5-13-6-9-7/h7,9H,3-6H2,1-2H3. The molecule has 0 aromatic heterocycles. The number of hydrogen-bond donors (Lipinski definition) is 1. The largest absolute Gasteiger partial charge is 0.383 e. The lowest BCUT2D eigenvalue weighted by molar-refractivity contribution is -0.131. The van der Waals surface area contributed by atoms with Crippen molar-refractivity contribution in [3.63, 3.8) is 0 Å². The molecule has 0 radical (unpaired) electrons. The molecule has 1 aliphatic rings. The first-order chi connectivity index (χ1) is 6.25. The van der Waals surface area contributed by atoms with Crippen molar-refractivity contribution in [1.29, 1.82) is 0 Å². The maximum Gasteiger partial charge on any atom is 0.240 e. The average molecular weight is 204 g/mol. The molecule has 1 rings (SSSR count). The molecule has 1 aliphatic heterocycles. The fourth-order valence-electron chi connectivity index (χ4n) is 1.16. The Bertz CT molecular complexity index is 172. The molecule has 1 heterocycles. The minimum absolute atomic E-state index is 0.00635. The Hall–Kier alpha value is -0.260. The number of likely N-dealkylation sites (N-methyl/N-ethyl adjacent to an activating group) is 1. The Morgan fingerprint density at radius 2 is 2.54 bits per heavy atom. The number of rotatable bonds is 4. The zero-order valence-electron chi connectivity index (χ0n) is 8.08. The number of nitrogens with zero attached hydrogens (tertiary/aromatic N) is 1. The van der Waals surface area contributed by atoms with E-state index in [0.717, 1.165) is 11.6 Å². The van der Waals surface area contributed by atoms with Gasteiger partial charge in [0.05, 0.1) is 12.6 Å². The van der Waals surface area contributed by atoms with E-state index in [1.54, 1.807) is 23.8 Å². The molecule has 0 aromatic rings. The summed E-state index contributed by atoms with van der Waals surface area (Å²) in [7, 11) is 3.45. The first-order valence-electron chi connectivity index (χ1n) is 4.30. The monoisotopic (exact) mass is 204 g/mol. The molecule has 0 bridgehead atoms. The van der Waals surface area contributed by atoms with E-state index < -0.39 is 0 Å². The van der Waals surface area contributed by atoms with Crippen molar-refractivity contribution in [2.24, 2.45) is 0 Å². The van der Waals surface area contributed by atoms with Crippen molar-refractivity contribution < 1.29 is 9.53 Å². The van der Waals surface area contributed by atoms with E-state index >= 15 is 0 Å². The van der Waals surface area contributed by atoms with Crippen molar-refractivity contribution in [2.75, 3.05) is 38.9 Å². The molecule has 1 saturated heterocycles. The van der Waals surface area contributed by atoms with E-state index in [2.05, 4.69) is 5.32 Å². The van der Waals surface area contributed by atoms with Gasteiger partial charge in [-0.1, -0.05) is 0 Å². The summed E-state index contributed by atoms with van der Waals surface area (Å²) in [5.41, 5.74) is 0. The van der Waals surface area contributed by atoms with E-state index in [-0.39, 0.29) is 11.9 Å². The molecule has 4 nitrogen and oxygen atoms in total. The van der Waals surface area contributed by atoms with Crippen LogP contribution in [0.5, 0.6) is 0 Å². The Balaban J connectivity index is 2.28. The lowest BCUT2D eigenvalue weighted by Crippen LogP contribution is -2.44. The summed E-state index contributed by atoms with van der Waals surface area (Å²) in [5, 5.41) is 3.14. The van der Waals surface area contributed by atoms with Crippen LogP contribution in [-0.2, 0) is 9.53 Å². The Morgan fingerprint density at radius 3 is 3.08 bits per heavy atom. The SMILES string of the molecule is COCCN(C)C(=O)C1CSCN1. The smallest absolute Gasteiger partial charge is 0.240 e. The van der Waals surface area contributed by atoms with E-state index in [9.17, 15) is 4.79 Å². The van der Waals surface area contributed by atoms with E-state index in [4.69, 9.17) is 4.74 Å². The molecule has 0 spiro atoms. The lowest BCUT2D eigenvalue weighted by atomic mass is 10.3. The Labute approximate surface area is 83.0 Å². The summed E-state index contributed by atoms with van der Waals surface area (Å²) in [5.74, 6) is 1.94. The molecule has 1 unspecified atom stereocenters. The second kappa shape index (κ2) is 5.47. The number of ether oxygens (including phenoxy) is 1. The van der Waals surface area contributed by atoms with Gasteiger partial charge in [-0.3, -0.25) is 10.1 Å². The highest BCUT2D eigenvalue weighted by Crippen LogP contribution is 2.11. The second-order valence-electron chi connectivity index (χ2n) is 3.02. The van der Waals surface area contributed by atoms with E-state index in [1.165, 1.54) is 0 Å². The third kappa shape index (κ3) is 3.17. The van der Waals surface area contributed by atoms with Gasteiger partial charge < -0.3 is 9.64 Å². The van der Waals surface area contributed by atoms with Crippen LogP contribution in [0.15, 0.2) is 0 Å². The molecular formula is C8H16N2O2S. The molecular weight excluding hydrogens is 188 g/mol. The zero-order chi connectivity index (χ0) is 9.68. The minimum atomic E-state index is 0.00635. The third-order valence-electron chi connectivity index (χ3n) is 2.02. The summed E-state index contributed by atoms with van der Waals surface area (Å²) in [4.78, 5) is 13.4. The molecule has 0 saturated carbocycles. The first kappa shape index (κ1) is 10.8. The van der Waals surface area contributed by atoms with Gasteiger partial charge >= 0.3 is 0 Å². The van der Waals surface area contributed by atoms with Gasteiger partial charge in [-0.2, -0.15) is 0 Å². The van der Waals surface area contributed by atoms with Crippen LogP contribution in [0.2, 0.25) is 0 Å². The van der Waals surface area contributed by atoms with Crippen molar-refractivity contribution in [3.05, 3.63) is 0 Å². The van der Waals surface area contributed by atoms with Gasteiger partial charge in [-0.25, -0.2) is 0 Å². The summed E-state index contributed by atoms with van der Waals surface area (Å²) in [6.45, 7) is 1.26. The maximum atomic E-state index is 11.6. The first-order valence-corrected chi connectivity index (χ1v) is 5.46. The van der Waals surface area contributed by atoms with Gasteiger partial charge in [0.1, 0.15) is 0 Å². The topological polar surface area (TPSA) is 41.6 Å². The Morgan fingerprint density at radius 1 is 1.77 bits per heavy atom. The molecule has 76 valence electrons. The van der Waals surface area contributed by atoms with Crippen LogP contribution in [0.25, 0.3) is 0 Å². The molecule has 0 aromatic carbocycles. The van der Waals surface area contributed by atoms with Crippen molar-refractivity contribution >= 4 is 17.7 Å². The van der Waals surface area contributed by atoms with Crippen LogP contribution in [-0.4, -0.2) is 55.8 Å². The van der Waals surface area contributed by atoms with Gasteiger partial charge in [0.15, 0.2) is 0 Å². The van der Waals surface area contributed by atoms with Gasteiger partial charge in [0.2, 0.25) is 5.91 Å². The number of hydrogen-bond acceptors (Lipinski definition) is 4. The molecule has 1 atom stereocenters. The van der Waals surface area contributed by atoms with E-state index in [1.807, 2.05) is 7.05 Å². The van der Waals surface area contributed by atoms with Gasteiger partial charge in [-0.05, 0) is 0 Å². The number of carbonyl (C=O) groups is 1. The van der Waals surface area contributed by atoms with Crippen molar-refractivity contribution in [2.45, 2.75) is 6.04 Å². The number of amides is 1. The van der Waals surface area contributed by atoms with Gasteiger partial charge in [0.25, 0.3) is 0 Å². The fourth-order valence-corrected chi connectivity index (χ4v) is 2.09. The predicted octanol–water partition coefficient (Wildman–Crippen LogP) is -0.246. The van der Waals surface area contributed by atoms with Gasteiger partial charge in [-0.15, -0.1) is 11.8 Å². The van der Waals surface area contributed by atoms with Crippen molar-refractivity contribution in [1.82, 2.24) is 10.2 Å². The van der Waals surface area contributed by atoms with E-state index in [0.29, 0.717) is 13.2 Å². The van der Waals surface area contributed by atoms with Crippen LogP contribution in [0, 0.1) is 0 Å². The fraction of sp³-hybridized carbons (Fsp3) is 0.875. The van der Waals surface area contributed by atoms with Crippen LogP contribution in [0.4, 0.5) is 0 Å². The Kier molecular flexibility index (Phi) is 4.55. The summed E-state index contributed by atoms with van der Waals surface area (Å²) >= 11 is 1.76. The molecule has 1 N–H and O–H groups in total. The number of carbonyl (C=O) groups excluding carboxylic acids is 1. The van der Waals surface area contributed by atoms with Crippen LogP contribution < -0.4 is 5.32 Å². The zero-order valence-corrected chi connectivity index (χ0v) is 8.89. The number of nitrogens with one attached hydrogen (secondary N) is 1. The second-order valence-corrected chi connectivity index (χ2v) is 4.05. The molecule has 0 aliphatic carbocycles. The summed E-state index contributed by atoms with van der Waals surface area (Å²) in [6, 6.07) is 0.00635. The van der Waals surface area contributed by atoms with Crippen LogP contribution in [0.3, 0.4) is 0 Å². The summed E-state index contributed by atoms with van der Waals surface area (Å²) < 4.78 is 4.91. The highest BCUT2D eigenvalue weighted by Gasteiger charge is 2.24. The van der Waals surface area contributed by atoms with Gasteiger partial charge in [0, 0.05) is 32.3 Å². The maximum absolute atomic E-state index is 11.6.